The topological polar surface area (TPSA) is 60.7 Å². The normalized spacial score (nSPS) is 18.5. The van der Waals surface area contributed by atoms with Gasteiger partial charge in [0.2, 0.25) is 0 Å². The molecule has 22 heavy (non-hydrogen) atoms. The molecule has 0 radical (unpaired) electrons. The minimum atomic E-state index is -0.524. The average Bonchev–Trinajstić information content (AvgIpc) is 3.10. The third kappa shape index (κ3) is 3.31. The first kappa shape index (κ1) is 15.1. The summed E-state index contributed by atoms with van der Waals surface area (Å²) in [5, 5.41) is 3.84. The fourth-order valence-electron chi connectivity index (χ4n) is 2.83. The zero-order valence-corrected chi connectivity index (χ0v) is 12.9. The number of benzene rings is 1. The Morgan fingerprint density at radius 3 is 2.77 bits per heavy atom. The summed E-state index contributed by atoms with van der Waals surface area (Å²) < 4.78 is 16.7. The molecular weight excluding hydrogens is 282 g/mol. The lowest BCUT2D eigenvalue weighted by atomic mass is 10.0. The number of furan rings is 1. The van der Waals surface area contributed by atoms with E-state index < -0.39 is 5.79 Å². The number of amides is 1. The molecule has 0 aliphatic carbocycles. The molecule has 1 fully saturated rings. The fraction of sp³-hybridized carbons (Fsp3) is 0.471. The second-order valence-corrected chi connectivity index (χ2v) is 6.00. The van der Waals surface area contributed by atoms with E-state index in [0.717, 1.165) is 17.4 Å². The number of para-hydroxylation sites is 1. The van der Waals surface area contributed by atoms with Crippen LogP contribution in [0.1, 0.15) is 30.8 Å². The number of hydrogen-bond acceptors (Lipinski definition) is 4. The number of rotatable bonds is 5. The number of nitrogens with one attached hydrogen (secondary N) is 1. The highest BCUT2D eigenvalue weighted by Crippen LogP contribution is 2.26. The molecular formula is C17H21NO4. The number of hydrogen-bond donors (Lipinski definition) is 1. The largest absolute Gasteiger partial charge is 0.451 e. The van der Waals surface area contributed by atoms with Gasteiger partial charge in [-0.1, -0.05) is 25.1 Å². The van der Waals surface area contributed by atoms with Crippen molar-refractivity contribution < 1.29 is 18.7 Å². The van der Waals surface area contributed by atoms with E-state index in [1.54, 1.807) is 6.07 Å². The van der Waals surface area contributed by atoms with Crippen LogP contribution < -0.4 is 5.32 Å². The first-order valence-corrected chi connectivity index (χ1v) is 7.60. The quantitative estimate of drug-likeness (QED) is 0.922. The van der Waals surface area contributed by atoms with E-state index in [1.165, 1.54) is 0 Å². The van der Waals surface area contributed by atoms with Gasteiger partial charge in [0.25, 0.3) is 5.91 Å². The van der Waals surface area contributed by atoms with Gasteiger partial charge in [0, 0.05) is 18.4 Å². The second-order valence-electron chi connectivity index (χ2n) is 6.00. The molecule has 0 bridgehead atoms. The van der Waals surface area contributed by atoms with Crippen LogP contribution in [0, 0.1) is 5.92 Å². The van der Waals surface area contributed by atoms with Crippen LogP contribution >= 0.6 is 0 Å². The summed E-state index contributed by atoms with van der Waals surface area (Å²) in [6, 6.07) is 9.35. The molecule has 5 heteroatoms. The highest BCUT2D eigenvalue weighted by molar-refractivity contribution is 5.96. The van der Waals surface area contributed by atoms with Gasteiger partial charge in [-0.15, -0.1) is 0 Å². The van der Waals surface area contributed by atoms with Gasteiger partial charge >= 0.3 is 0 Å². The van der Waals surface area contributed by atoms with Crippen molar-refractivity contribution in [2.24, 2.45) is 5.92 Å². The van der Waals surface area contributed by atoms with Crippen LogP contribution in [0.3, 0.4) is 0 Å². The highest BCUT2D eigenvalue weighted by Gasteiger charge is 2.32. The van der Waals surface area contributed by atoms with Crippen molar-refractivity contribution in [3.63, 3.8) is 0 Å². The monoisotopic (exact) mass is 303 g/mol. The summed E-state index contributed by atoms with van der Waals surface area (Å²) in [6.45, 7) is 5.83. The molecule has 118 valence electrons. The zero-order valence-electron chi connectivity index (χ0n) is 12.9. The minimum Gasteiger partial charge on any atom is -0.451 e. The third-order valence-electron chi connectivity index (χ3n) is 3.88. The van der Waals surface area contributed by atoms with Gasteiger partial charge in [-0.25, -0.2) is 0 Å². The molecule has 1 saturated heterocycles. The molecule has 1 N–H and O–H groups in total. The lowest BCUT2D eigenvalue weighted by molar-refractivity contribution is -0.153. The van der Waals surface area contributed by atoms with Crippen LogP contribution in [0.2, 0.25) is 0 Å². The van der Waals surface area contributed by atoms with Gasteiger partial charge in [0.1, 0.15) is 5.58 Å². The number of carbonyl (C=O) groups is 1. The van der Waals surface area contributed by atoms with Gasteiger partial charge in [0.15, 0.2) is 11.5 Å². The number of ether oxygens (including phenoxy) is 2. The fourth-order valence-corrected chi connectivity index (χ4v) is 2.83. The van der Waals surface area contributed by atoms with Crippen molar-refractivity contribution in [1.82, 2.24) is 5.32 Å². The van der Waals surface area contributed by atoms with E-state index in [0.29, 0.717) is 25.5 Å². The standard InChI is InChI=1S/C17H21NO4/c1-12(10-17(2)20-7-8-21-17)11-18-16(19)15-9-13-5-3-4-6-14(13)22-15/h3-6,9,12H,7-8,10-11H2,1-2H3,(H,18,19)/t12-/m0/s1. The van der Waals surface area contributed by atoms with E-state index in [1.807, 2.05) is 31.2 Å². The van der Waals surface area contributed by atoms with Crippen molar-refractivity contribution in [3.8, 4) is 0 Å². The Balaban J connectivity index is 1.55. The van der Waals surface area contributed by atoms with Crippen molar-refractivity contribution in [1.29, 1.82) is 0 Å². The Morgan fingerprint density at radius 1 is 1.32 bits per heavy atom. The first-order chi connectivity index (χ1) is 10.6. The van der Waals surface area contributed by atoms with E-state index in [4.69, 9.17) is 13.9 Å². The summed E-state index contributed by atoms with van der Waals surface area (Å²) in [6.07, 6.45) is 0.743. The predicted molar refractivity (Wildman–Crippen MR) is 82.6 cm³/mol. The maximum Gasteiger partial charge on any atom is 0.287 e. The summed E-state index contributed by atoms with van der Waals surface area (Å²) in [5.41, 5.74) is 0.723. The van der Waals surface area contributed by atoms with Crippen LogP contribution in [0.15, 0.2) is 34.7 Å². The van der Waals surface area contributed by atoms with Crippen molar-refractivity contribution in [2.75, 3.05) is 19.8 Å². The maximum absolute atomic E-state index is 12.2. The Bertz CT molecular complexity index is 624. The van der Waals surface area contributed by atoms with Crippen molar-refractivity contribution >= 4 is 16.9 Å². The van der Waals surface area contributed by atoms with E-state index >= 15 is 0 Å². The molecule has 1 aliphatic heterocycles. The minimum absolute atomic E-state index is 0.193. The molecule has 1 amide bonds. The lowest BCUT2D eigenvalue weighted by Gasteiger charge is -2.25. The molecule has 3 rings (SSSR count). The van der Waals surface area contributed by atoms with Crippen molar-refractivity contribution in [3.05, 3.63) is 36.1 Å². The van der Waals surface area contributed by atoms with Gasteiger partial charge in [-0.05, 0) is 25.0 Å². The molecule has 5 nitrogen and oxygen atoms in total. The maximum atomic E-state index is 12.2. The molecule has 0 saturated carbocycles. The SMILES string of the molecule is C[C@H](CNC(=O)c1cc2ccccc2o1)CC1(C)OCCO1. The lowest BCUT2D eigenvalue weighted by Crippen LogP contribution is -2.34. The van der Waals surface area contributed by atoms with Crippen LogP contribution in [0.4, 0.5) is 0 Å². The zero-order chi connectivity index (χ0) is 15.6. The van der Waals surface area contributed by atoms with Crippen LogP contribution in [-0.4, -0.2) is 31.5 Å². The van der Waals surface area contributed by atoms with Crippen LogP contribution in [0.5, 0.6) is 0 Å². The van der Waals surface area contributed by atoms with Gasteiger partial charge < -0.3 is 19.2 Å². The molecule has 2 aromatic rings. The Kier molecular flexibility index (Phi) is 4.18. The highest BCUT2D eigenvalue weighted by atomic mass is 16.7. The molecule has 1 aliphatic rings. The Labute approximate surface area is 129 Å². The van der Waals surface area contributed by atoms with Gasteiger partial charge in [0.05, 0.1) is 13.2 Å². The number of carbonyl (C=O) groups excluding carboxylic acids is 1. The summed E-state index contributed by atoms with van der Waals surface area (Å²) in [4.78, 5) is 12.2. The van der Waals surface area contributed by atoms with E-state index in [9.17, 15) is 4.79 Å². The molecule has 0 unspecified atom stereocenters. The molecule has 2 heterocycles. The van der Waals surface area contributed by atoms with Crippen molar-refractivity contribution in [2.45, 2.75) is 26.1 Å². The van der Waals surface area contributed by atoms with Gasteiger partial charge in [-0.2, -0.15) is 0 Å². The average molecular weight is 303 g/mol. The predicted octanol–water partition coefficient (Wildman–Crippen LogP) is 2.95. The Hall–Kier alpha value is -1.85. The summed E-state index contributed by atoms with van der Waals surface area (Å²) >= 11 is 0. The number of fused-ring (bicyclic) bond motifs is 1. The van der Waals surface area contributed by atoms with Crippen LogP contribution in [-0.2, 0) is 9.47 Å². The van der Waals surface area contributed by atoms with E-state index in [2.05, 4.69) is 12.2 Å². The summed E-state index contributed by atoms with van der Waals surface area (Å²) in [7, 11) is 0. The van der Waals surface area contributed by atoms with Gasteiger partial charge in [-0.3, -0.25) is 4.79 Å². The molecule has 1 atom stereocenters. The second kappa shape index (κ2) is 6.10. The first-order valence-electron chi connectivity index (χ1n) is 7.60. The molecule has 0 spiro atoms. The Morgan fingerprint density at radius 2 is 2.05 bits per heavy atom. The molecule has 1 aromatic carbocycles. The smallest absolute Gasteiger partial charge is 0.287 e. The third-order valence-corrected chi connectivity index (χ3v) is 3.88. The van der Waals surface area contributed by atoms with E-state index in [-0.39, 0.29) is 11.8 Å². The van der Waals surface area contributed by atoms with Crippen LogP contribution in [0.25, 0.3) is 11.0 Å². The summed E-state index contributed by atoms with van der Waals surface area (Å²) in [5.74, 6) is -0.130. The molecule has 1 aromatic heterocycles.